The highest BCUT2D eigenvalue weighted by Crippen LogP contribution is 2.42. The molecule has 0 saturated carbocycles. The van der Waals surface area contributed by atoms with Crippen LogP contribution in [0.2, 0.25) is 0 Å². The first kappa shape index (κ1) is 37.2. The summed E-state index contributed by atoms with van der Waals surface area (Å²) in [4.78, 5) is 7.54. The number of benzene rings is 9. The van der Waals surface area contributed by atoms with E-state index in [9.17, 15) is 0 Å². The second-order valence-corrected chi connectivity index (χ2v) is 18.1. The van der Waals surface area contributed by atoms with Crippen molar-refractivity contribution in [3.8, 4) is 55.8 Å². The molecule has 0 saturated heterocycles. The minimum atomic E-state index is 0.921. The maximum atomic E-state index is 5.25. The van der Waals surface area contributed by atoms with E-state index in [1.165, 1.54) is 84.9 Å². The van der Waals surface area contributed by atoms with Crippen molar-refractivity contribution in [1.29, 1.82) is 0 Å². The van der Waals surface area contributed by atoms with Gasteiger partial charge in [0.2, 0.25) is 0 Å². The lowest BCUT2D eigenvalue weighted by Crippen LogP contribution is -2.10. The van der Waals surface area contributed by atoms with Crippen LogP contribution in [-0.2, 0) is 0 Å². The molecule has 3 aromatic heterocycles. The molecule has 3 heterocycles. The minimum Gasteiger partial charge on any atom is -0.309 e. The number of pyridine rings is 1. The fraction of sp³-hybridized carbons (Fsp3) is 0. The zero-order chi connectivity index (χ0) is 41.7. The van der Waals surface area contributed by atoms with Crippen molar-refractivity contribution < 1.29 is 0 Å². The standard InChI is InChI=1S/C59H38N2S2/c1-3-11-39(12-4-1)41-19-25-48(26-20-41)61(49-27-21-42(22-28-49)40-13-5-2-6-14-40)50-29-30-55(60-38-50)47-34-45(43-23-31-58-53(36-43)51-15-7-9-17-56(51)62-58)33-46(35-47)44-24-32-59-54(37-44)52-16-8-10-18-57(52)63-59/h1-38H. The summed E-state index contributed by atoms with van der Waals surface area (Å²) in [5.74, 6) is 0. The van der Waals surface area contributed by atoms with Crippen LogP contribution in [0.5, 0.6) is 0 Å². The van der Waals surface area contributed by atoms with Gasteiger partial charge in [-0.3, -0.25) is 4.98 Å². The molecule has 9 aromatic carbocycles. The fourth-order valence-corrected chi connectivity index (χ4v) is 11.1. The molecule has 0 N–H and O–H groups in total. The molecule has 12 aromatic rings. The van der Waals surface area contributed by atoms with Crippen molar-refractivity contribution in [1.82, 2.24) is 4.98 Å². The molecule has 63 heavy (non-hydrogen) atoms. The Morgan fingerprint density at radius 2 is 0.667 bits per heavy atom. The monoisotopic (exact) mass is 838 g/mol. The average Bonchev–Trinajstić information content (AvgIpc) is 3.93. The van der Waals surface area contributed by atoms with Crippen LogP contribution in [0.1, 0.15) is 0 Å². The molecule has 0 spiro atoms. The van der Waals surface area contributed by atoms with Crippen LogP contribution in [0.3, 0.4) is 0 Å². The molecule has 12 rings (SSSR count). The molecule has 2 nitrogen and oxygen atoms in total. The smallest absolute Gasteiger partial charge is 0.0704 e. The molecule has 296 valence electrons. The third kappa shape index (κ3) is 6.96. The average molecular weight is 839 g/mol. The van der Waals surface area contributed by atoms with Crippen molar-refractivity contribution in [2.45, 2.75) is 0 Å². The third-order valence-corrected chi connectivity index (χ3v) is 14.4. The predicted octanol–water partition coefficient (Wildman–Crippen LogP) is 17.6. The lowest BCUT2D eigenvalue weighted by atomic mass is 9.93. The first-order valence-electron chi connectivity index (χ1n) is 21.2. The van der Waals surface area contributed by atoms with Crippen LogP contribution >= 0.6 is 22.7 Å². The van der Waals surface area contributed by atoms with Crippen LogP contribution in [-0.4, -0.2) is 4.98 Å². The maximum Gasteiger partial charge on any atom is 0.0704 e. The summed E-state index contributed by atoms with van der Waals surface area (Å²) >= 11 is 3.71. The number of thiophene rings is 2. The topological polar surface area (TPSA) is 16.1 Å². The van der Waals surface area contributed by atoms with Gasteiger partial charge in [0.1, 0.15) is 0 Å². The minimum absolute atomic E-state index is 0.921. The van der Waals surface area contributed by atoms with E-state index in [-0.39, 0.29) is 0 Å². The van der Waals surface area contributed by atoms with Crippen molar-refractivity contribution in [3.05, 3.63) is 231 Å². The Balaban J connectivity index is 0.970. The van der Waals surface area contributed by atoms with Gasteiger partial charge >= 0.3 is 0 Å². The van der Waals surface area contributed by atoms with E-state index in [0.717, 1.165) is 28.3 Å². The van der Waals surface area contributed by atoms with E-state index in [1.807, 2.05) is 28.9 Å². The van der Waals surface area contributed by atoms with E-state index in [1.54, 1.807) is 0 Å². The summed E-state index contributed by atoms with van der Waals surface area (Å²) in [5.41, 5.74) is 14.6. The number of aromatic nitrogens is 1. The van der Waals surface area contributed by atoms with Crippen LogP contribution < -0.4 is 4.90 Å². The normalized spacial score (nSPS) is 11.5. The number of hydrogen-bond donors (Lipinski definition) is 0. The molecule has 0 fully saturated rings. The second kappa shape index (κ2) is 15.7. The highest BCUT2D eigenvalue weighted by Gasteiger charge is 2.17. The summed E-state index contributed by atoms with van der Waals surface area (Å²) in [7, 11) is 0. The molecular weight excluding hydrogens is 801 g/mol. The Morgan fingerprint density at radius 3 is 1.14 bits per heavy atom. The van der Waals surface area contributed by atoms with Crippen molar-refractivity contribution in [2.75, 3.05) is 4.90 Å². The summed E-state index contributed by atoms with van der Waals surface area (Å²) < 4.78 is 5.23. The van der Waals surface area contributed by atoms with Gasteiger partial charge in [0.25, 0.3) is 0 Å². The molecule has 0 bridgehead atoms. The molecule has 0 aliphatic rings. The van der Waals surface area contributed by atoms with E-state index >= 15 is 0 Å². The van der Waals surface area contributed by atoms with Crippen LogP contribution in [0.25, 0.3) is 96.1 Å². The fourth-order valence-electron chi connectivity index (χ4n) is 8.92. The molecule has 0 amide bonds. The molecule has 4 heteroatoms. The van der Waals surface area contributed by atoms with E-state index in [2.05, 4.69) is 229 Å². The van der Waals surface area contributed by atoms with Gasteiger partial charge in [-0.05, 0) is 136 Å². The van der Waals surface area contributed by atoms with Crippen molar-refractivity contribution >= 4 is 80.1 Å². The first-order valence-corrected chi connectivity index (χ1v) is 22.9. The Kier molecular flexibility index (Phi) is 9.25. The van der Waals surface area contributed by atoms with Gasteiger partial charge in [0.05, 0.1) is 17.6 Å². The molecule has 0 radical (unpaired) electrons. The lowest BCUT2D eigenvalue weighted by Gasteiger charge is -2.26. The quantitative estimate of drug-likeness (QED) is 0.152. The van der Waals surface area contributed by atoms with Crippen LogP contribution in [0.4, 0.5) is 17.1 Å². The van der Waals surface area contributed by atoms with E-state index in [0.29, 0.717) is 0 Å². The molecule has 0 aliphatic carbocycles. The molecule has 0 unspecified atom stereocenters. The molecule has 0 atom stereocenters. The van der Waals surface area contributed by atoms with Gasteiger partial charge in [-0.25, -0.2) is 0 Å². The largest absolute Gasteiger partial charge is 0.309 e. The van der Waals surface area contributed by atoms with Gasteiger partial charge in [0.15, 0.2) is 0 Å². The summed E-state index contributed by atoms with van der Waals surface area (Å²) in [6, 6.07) is 81.4. The SMILES string of the molecule is c1ccc(-c2ccc(N(c3ccc(-c4ccccc4)cc3)c3ccc(-c4cc(-c5ccc6sc7ccccc7c6c5)cc(-c5ccc6sc7ccccc7c6c5)c4)nc3)cc2)cc1. The van der Waals surface area contributed by atoms with Crippen molar-refractivity contribution in [2.24, 2.45) is 0 Å². The first-order chi connectivity index (χ1) is 31.2. The van der Waals surface area contributed by atoms with E-state index < -0.39 is 0 Å². The molecular formula is C59H38N2S2. The van der Waals surface area contributed by atoms with Gasteiger partial charge in [-0.2, -0.15) is 0 Å². The number of rotatable bonds is 8. The van der Waals surface area contributed by atoms with Gasteiger partial charge in [0, 0.05) is 57.3 Å². The summed E-state index contributed by atoms with van der Waals surface area (Å²) in [6.07, 6.45) is 2.02. The zero-order valence-electron chi connectivity index (χ0n) is 34.2. The number of hydrogen-bond acceptors (Lipinski definition) is 4. The Morgan fingerprint density at radius 1 is 0.270 bits per heavy atom. The Hall–Kier alpha value is -7.63. The van der Waals surface area contributed by atoms with Gasteiger partial charge in [-0.1, -0.05) is 133 Å². The highest BCUT2D eigenvalue weighted by atomic mass is 32.1. The van der Waals surface area contributed by atoms with Crippen molar-refractivity contribution in [3.63, 3.8) is 0 Å². The third-order valence-electron chi connectivity index (χ3n) is 12.1. The highest BCUT2D eigenvalue weighted by molar-refractivity contribution is 7.26. The Labute approximate surface area is 374 Å². The Bertz CT molecular complexity index is 3370. The maximum absolute atomic E-state index is 5.25. The van der Waals surface area contributed by atoms with Gasteiger partial charge in [-0.15, -0.1) is 22.7 Å². The summed E-state index contributed by atoms with van der Waals surface area (Å²) in [6.45, 7) is 0. The van der Waals surface area contributed by atoms with Crippen LogP contribution in [0, 0.1) is 0 Å². The molecule has 0 aliphatic heterocycles. The predicted molar refractivity (Wildman–Crippen MR) is 272 cm³/mol. The number of anilines is 3. The summed E-state index contributed by atoms with van der Waals surface area (Å²) in [5, 5.41) is 5.19. The number of nitrogens with zero attached hydrogens (tertiary/aromatic N) is 2. The second-order valence-electron chi connectivity index (χ2n) is 16.0. The van der Waals surface area contributed by atoms with Gasteiger partial charge < -0.3 is 4.90 Å². The number of fused-ring (bicyclic) bond motifs is 6. The lowest BCUT2D eigenvalue weighted by molar-refractivity contribution is 1.23. The van der Waals surface area contributed by atoms with E-state index in [4.69, 9.17) is 4.98 Å². The van der Waals surface area contributed by atoms with Crippen LogP contribution in [0.15, 0.2) is 231 Å². The zero-order valence-corrected chi connectivity index (χ0v) is 35.8.